The molecule has 0 bridgehead atoms. The molecule has 0 N–H and O–H groups in total. The number of benzene rings is 1. The maximum Gasteiger partial charge on any atom is 0.253 e. The third kappa shape index (κ3) is 3.17. The highest BCUT2D eigenvalue weighted by Crippen LogP contribution is 2.19. The number of aromatic nitrogens is 1. The Morgan fingerprint density at radius 2 is 2.14 bits per heavy atom. The fraction of sp³-hybridized carbons (Fsp3) is 0.333. The van der Waals surface area contributed by atoms with Gasteiger partial charge in [-0.25, -0.2) is 0 Å². The van der Waals surface area contributed by atoms with Gasteiger partial charge in [0.05, 0.1) is 0 Å². The van der Waals surface area contributed by atoms with Crippen molar-refractivity contribution in [2.45, 2.75) is 19.5 Å². The molecule has 114 valence electrons. The Bertz CT molecular complexity index is 650. The summed E-state index contributed by atoms with van der Waals surface area (Å²) in [6.45, 7) is 4.47. The molecule has 1 amide bonds. The minimum Gasteiger partial charge on any atom is -0.335 e. The molecule has 2 aromatic rings. The van der Waals surface area contributed by atoms with Crippen LogP contribution in [0.5, 0.6) is 0 Å². The Kier molecular flexibility index (Phi) is 4.20. The maximum atomic E-state index is 12.4. The Hall–Kier alpha value is -2.20. The van der Waals surface area contributed by atoms with E-state index in [2.05, 4.69) is 23.0 Å². The van der Waals surface area contributed by atoms with Crippen molar-refractivity contribution in [3.8, 4) is 0 Å². The number of hydrogen-bond donors (Lipinski definition) is 0. The predicted octanol–water partition coefficient (Wildman–Crippen LogP) is 2.35. The van der Waals surface area contributed by atoms with Gasteiger partial charge < -0.3 is 4.90 Å². The fourth-order valence-electron chi connectivity index (χ4n) is 2.77. The van der Waals surface area contributed by atoms with Gasteiger partial charge in [0.25, 0.3) is 5.91 Å². The molecular weight excluding hydrogens is 274 g/mol. The lowest BCUT2D eigenvalue weighted by Gasteiger charge is -2.44. The van der Waals surface area contributed by atoms with Gasteiger partial charge in [0, 0.05) is 43.6 Å². The number of likely N-dealkylation sites (tertiary alicyclic amines) is 1. The number of carbonyl (C=O) groups is 1. The third-order valence-corrected chi connectivity index (χ3v) is 4.19. The maximum absolute atomic E-state index is 12.4. The molecule has 1 aliphatic rings. The van der Waals surface area contributed by atoms with Crippen LogP contribution < -0.4 is 0 Å². The number of likely N-dealkylation sites (N-methyl/N-ethyl adjacent to an activating group) is 1. The van der Waals surface area contributed by atoms with Gasteiger partial charge >= 0.3 is 0 Å². The predicted molar refractivity (Wildman–Crippen MR) is 86.6 cm³/mol. The van der Waals surface area contributed by atoms with Gasteiger partial charge in [-0.1, -0.05) is 23.8 Å². The SMILES string of the molecule is Cc1cccc(C(=O)N2CC(N(C)Cc3cccnc3)C2)c1. The number of rotatable bonds is 4. The second-order valence-corrected chi connectivity index (χ2v) is 6.01. The van der Waals surface area contributed by atoms with E-state index in [4.69, 9.17) is 0 Å². The number of carbonyl (C=O) groups excluding carboxylic acids is 1. The molecule has 4 nitrogen and oxygen atoms in total. The number of amides is 1. The molecule has 2 heterocycles. The monoisotopic (exact) mass is 295 g/mol. The first-order valence-electron chi connectivity index (χ1n) is 7.58. The average molecular weight is 295 g/mol. The first-order valence-corrected chi connectivity index (χ1v) is 7.58. The third-order valence-electron chi connectivity index (χ3n) is 4.19. The van der Waals surface area contributed by atoms with Crippen molar-refractivity contribution in [1.82, 2.24) is 14.8 Å². The van der Waals surface area contributed by atoms with Crippen LogP contribution in [0.2, 0.25) is 0 Å². The van der Waals surface area contributed by atoms with Gasteiger partial charge in [0.15, 0.2) is 0 Å². The summed E-state index contributed by atoms with van der Waals surface area (Å²) in [7, 11) is 2.10. The van der Waals surface area contributed by atoms with E-state index in [0.717, 1.165) is 30.8 Å². The van der Waals surface area contributed by atoms with Crippen LogP contribution in [0.4, 0.5) is 0 Å². The summed E-state index contributed by atoms with van der Waals surface area (Å²) in [5.41, 5.74) is 3.11. The first-order chi connectivity index (χ1) is 10.6. The summed E-state index contributed by atoms with van der Waals surface area (Å²) in [4.78, 5) is 20.7. The number of pyridine rings is 1. The van der Waals surface area contributed by atoms with Crippen molar-refractivity contribution in [3.63, 3.8) is 0 Å². The molecule has 1 aromatic heterocycles. The lowest BCUT2D eigenvalue weighted by atomic mass is 10.0. The molecule has 0 saturated carbocycles. The van der Waals surface area contributed by atoms with E-state index < -0.39 is 0 Å². The van der Waals surface area contributed by atoms with Crippen LogP contribution in [0.3, 0.4) is 0 Å². The first kappa shape index (κ1) is 14.7. The van der Waals surface area contributed by atoms with Crippen LogP contribution in [0.15, 0.2) is 48.8 Å². The molecule has 22 heavy (non-hydrogen) atoms. The zero-order valence-electron chi connectivity index (χ0n) is 13.1. The average Bonchev–Trinajstić information content (AvgIpc) is 2.46. The molecule has 1 saturated heterocycles. The van der Waals surface area contributed by atoms with E-state index in [0.29, 0.717) is 6.04 Å². The summed E-state index contributed by atoms with van der Waals surface area (Å²) in [6.07, 6.45) is 3.68. The van der Waals surface area contributed by atoms with E-state index >= 15 is 0 Å². The van der Waals surface area contributed by atoms with Crippen LogP contribution in [0.1, 0.15) is 21.5 Å². The van der Waals surface area contributed by atoms with E-state index in [9.17, 15) is 4.79 Å². The Labute approximate surface area is 131 Å². The van der Waals surface area contributed by atoms with Gasteiger partial charge in [-0.05, 0) is 37.7 Å². The minimum absolute atomic E-state index is 0.134. The Morgan fingerprint density at radius 1 is 1.32 bits per heavy atom. The van der Waals surface area contributed by atoms with E-state index in [-0.39, 0.29) is 5.91 Å². The van der Waals surface area contributed by atoms with Crippen LogP contribution >= 0.6 is 0 Å². The molecule has 0 unspecified atom stereocenters. The molecule has 1 aliphatic heterocycles. The summed E-state index contributed by atoms with van der Waals surface area (Å²) in [5.74, 6) is 0.134. The molecule has 0 aliphatic carbocycles. The van der Waals surface area contributed by atoms with Crippen molar-refractivity contribution >= 4 is 5.91 Å². The number of hydrogen-bond acceptors (Lipinski definition) is 3. The number of nitrogens with zero attached hydrogens (tertiary/aromatic N) is 3. The topological polar surface area (TPSA) is 36.4 Å². The van der Waals surface area contributed by atoms with E-state index in [1.165, 1.54) is 5.56 Å². The molecule has 1 aromatic carbocycles. The largest absolute Gasteiger partial charge is 0.335 e. The standard InChI is InChI=1S/C18H21N3O/c1-14-5-3-7-16(9-14)18(22)21-12-17(13-21)20(2)11-15-6-4-8-19-10-15/h3-10,17H,11-13H2,1-2H3. The number of aryl methyl sites for hydroxylation is 1. The summed E-state index contributed by atoms with van der Waals surface area (Å²) < 4.78 is 0. The van der Waals surface area contributed by atoms with Gasteiger partial charge in [-0.3, -0.25) is 14.7 Å². The Balaban J connectivity index is 1.54. The lowest BCUT2D eigenvalue weighted by Crippen LogP contribution is -2.59. The minimum atomic E-state index is 0.134. The van der Waals surface area contributed by atoms with Gasteiger partial charge in [0.2, 0.25) is 0 Å². The van der Waals surface area contributed by atoms with Crippen molar-refractivity contribution in [1.29, 1.82) is 0 Å². The lowest BCUT2D eigenvalue weighted by molar-refractivity contribution is 0.0321. The Morgan fingerprint density at radius 3 is 2.82 bits per heavy atom. The van der Waals surface area contributed by atoms with Crippen LogP contribution in [-0.4, -0.2) is 46.9 Å². The van der Waals surface area contributed by atoms with Crippen LogP contribution in [0.25, 0.3) is 0 Å². The zero-order chi connectivity index (χ0) is 15.5. The molecule has 1 fully saturated rings. The van der Waals surface area contributed by atoms with Gasteiger partial charge in [-0.15, -0.1) is 0 Å². The van der Waals surface area contributed by atoms with E-state index in [1.807, 2.05) is 48.4 Å². The van der Waals surface area contributed by atoms with Crippen LogP contribution in [-0.2, 0) is 6.54 Å². The van der Waals surface area contributed by atoms with Gasteiger partial charge in [0.1, 0.15) is 0 Å². The van der Waals surface area contributed by atoms with Crippen LogP contribution in [0, 0.1) is 6.92 Å². The molecule has 0 spiro atoms. The second-order valence-electron chi connectivity index (χ2n) is 6.01. The van der Waals surface area contributed by atoms with Crippen molar-refractivity contribution in [2.75, 3.05) is 20.1 Å². The molecule has 0 atom stereocenters. The van der Waals surface area contributed by atoms with Crippen molar-refractivity contribution in [2.24, 2.45) is 0 Å². The molecule has 3 rings (SSSR count). The second kappa shape index (κ2) is 6.28. The van der Waals surface area contributed by atoms with E-state index in [1.54, 1.807) is 6.20 Å². The smallest absolute Gasteiger partial charge is 0.253 e. The van der Waals surface area contributed by atoms with Gasteiger partial charge in [-0.2, -0.15) is 0 Å². The zero-order valence-corrected chi connectivity index (χ0v) is 13.1. The highest BCUT2D eigenvalue weighted by Gasteiger charge is 2.33. The highest BCUT2D eigenvalue weighted by atomic mass is 16.2. The molecule has 4 heteroatoms. The summed E-state index contributed by atoms with van der Waals surface area (Å²) in [5, 5.41) is 0. The quantitative estimate of drug-likeness (QED) is 0.869. The fourth-order valence-corrected chi connectivity index (χ4v) is 2.77. The molecule has 0 radical (unpaired) electrons. The van der Waals surface area contributed by atoms with Crippen molar-refractivity contribution < 1.29 is 4.79 Å². The molecular formula is C18H21N3O. The summed E-state index contributed by atoms with van der Waals surface area (Å²) in [6, 6.07) is 12.3. The normalized spacial score (nSPS) is 15.0. The van der Waals surface area contributed by atoms with Crippen molar-refractivity contribution in [3.05, 3.63) is 65.5 Å². The highest BCUT2D eigenvalue weighted by molar-refractivity contribution is 5.95. The summed E-state index contributed by atoms with van der Waals surface area (Å²) >= 11 is 0.